The lowest BCUT2D eigenvalue weighted by molar-refractivity contribution is -2.00. The van der Waals surface area contributed by atoms with Crippen molar-refractivity contribution in [1.82, 2.24) is 4.57 Å². The van der Waals surface area contributed by atoms with E-state index in [0.29, 0.717) is 28.2 Å². The summed E-state index contributed by atoms with van der Waals surface area (Å²) in [5, 5.41) is 4.96. The van der Waals surface area contributed by atoms with Gasteiger partial charge in [-0.3, -0.25) is 0 Å². The molecule has 0 aliphatic heterocycles. The van der Waals surface area contributed by atoms with Gasteiger partial charge >= 0.3 is 0 Å². The Bertz CT molecular complexity index is 1460. The van der Waals surface area contributed by atoms with Crippen LogP contribution in [0.25, 0.3) is 11.0 Å². The zero-order valence-corrected chi connectivity index (χ0v) is 23.4. The summed E-state index contributed by atoms with van der Waals surface area (Å²) in [4.78, 5) is 1.94. The number of terminal acetylenes is 1. The van der Waals surface area contributed by atoms with Gasteiger partial charge in [0.1, 0.15) is 6.54 Å². The molecule has 0 saturated carbocycles. The Morgan fingerprint density at radius 2 is 1.63 bits per heavy atom. The summed E-state index contributed by atoms with van der Waals surface area (Å²) in [5.74, 6) is 3.76. The van der Waals surface area contributed by atoms with E-state index in [-0.39, 0.29) is 0 Å². The van der Waals surface area contributed by atoms with Crippen molar-refractivity contribution < 1.29 is 33.4 Å². The predicted octanol–water partition coefficient (Wildman–Crippen LogP) is 1.30. The van der Waals surface area contributed by atoms with Crippen LogP contribution in [0.15, 0.2) is 66.7 Å². The lowest BCUT2D eigenvalue weighted by Gasteiger charge is -2.21. The summed E-state index contributed by atoms with van der Waals surface area (Å²) in [5.41, 5.74) is 5.05. The molecule has 1 aromatic heterocycles. The first-order chi connectivity index (χ1) is 17.9. The SMILES string of the molecule is C#CCn1c(C)[n+](Cc2ccc(NC(=S)N(C)c3ccccc3)cc2)c2cc(Cl)c(Cl)cc21.[O-][Cl+3]([O-])([O-])[O-]. The number of fused-ring (bicyclic) bond motifs is 1. The van der Waals surface area contributed by atoms with E-state index in [1.807, 2.05) is 73.5 Å². The second-order valence-electron chi connectivity index (χ2n) is 8.08. The zero-order valence-electron chi connectivity index (χ0n) is 20.4. The van der Waals surface area contributed by atoms with Crippen molar-refractivity contribution in [3.63, 3.8) is 0 Å². The van der Waals surface area contributed by atoms with E-state index in [4.69, 9.17) is 60.5 Å². The van der Waals surface area contributed by atoms with Crippen molar-refractivity contribution in [1.29, 1.82) is 0 Å². The maximum absolute atomic E-state index is 8.49. The Kier molecular flexibility index (Phi) is 9.95. The molecule has 3 aromatic carbocycles. The zero-order chi connectivity index (χ0) is 28.0. The van der Waals surface area contributed by atoms with Gasteiger partial charge in [-0.05, 0) is 42.0 Å². The van der Waals surface area contributed by atoms with Crippen LogP contribution in [-0.4, -0.2) is 16.7 Å². The van der Waals surface area contributed by atoms with Gasteiger partial charge in [-0.2, -0.15) is 0 Å². The van der Waals surface area contributed by atoms with Crippen LogP contribution in [-0.2, 0) is 13.1 Å². The van der Waals surface area contributed by atoms with Crippen molar-refractivity contribution >= 4 is 62.9 Å². The monoisotopic (exact) mass is 592 g/mol. The second-order valence-corrected chi connectivity index (χ2v) is 10.0. The first-order valence-electron chi connectivity index (χ1n) is 11.0. The predicted molar refractivity (Wildman–Crippen MR) is 142 cm³/mol. The molecule has 0 spiro atoms. The summed E-state index contributed by atoms with van der Waals surface area (Å²) in [7, 11) is -3.00. The highest BCUT2D eigenvalue weighted by Crippen LogP contribution is 2.28. The molecule has 8 nitrogen and oxygen atoms in total. The van der Waals surface area contributed by atoms with Crippen LogP contribution in [0.5, 0.6) is 0 Å². The molecule has 198 valence electrons. The first-order valence-corrected chi connectivity index (χ1v) is 13.4. The number of halogens is 3. The molecule has 0 bridgehead atoms. The summed E-state index contributed by atoms with van der Waals surface area (Å²) < 4.78 is 38.2. The molecule has 12 heteroatoms. The molecule has 4 rings (SSSR count). The van der Waals surface area contributed by atoms with Gasteiger partial charge in [0.15, 0.2) is 22.7 Å². The quantitative estimate of drug-likeness (QED) is 0.211. The number of aromatic nitrogens is 2. The smallest absolute Gasteiger partial charge is 0.255 e. The van der Waals surface area contributed by atoms with Gasteiger partial charge in [0, 0.05) is 37.5 Å². The summed E-state index contributed by atoms with van der Waals surface area (Å²) in [6.07, 6.45) is 5.60. The minimum atomic E-state index is -4.94. The number of rotatable bonds is 5. The summed E-state index contributed by atoms with van der Waals surface area (Å²) in [6, 6.07) is 22.0. The minimum absolute atomic E-state index is 0.461. The third kappa shape index (κ3) is 7.80. The molecule has 0 fully saturated rings. The van der Waals surface area contributed by atoms with E-state index < -0.39 is 10.2 Å². The van der Waals surface area contributed by atoms with Crippen LogP contribution in [0, 0.1) is 29.5 Å². The van der Waals surface area contributed by atoms with Gasteiger partial charge in [-0.15, -0.1) is 16.7 Å². The van der Waals surface area contributed by atoms with Crippen molar-refractivity contribution in [3.8, 4) is 12.3 Å². The van der Waals surface area contributed by atoms with Crippen LogP contribution in [0.3, 0.4) is 0 Å². The molecule has 0 unspecified atom stereocenters. The average molecular weight is 594 g/mol. The van der Waals surface area contributed by atoms with Gasteiger partial charge in [0.2, 0.25) is 0 Å². The lowest BCUT2D eigenvalue weighted by atomic mass is 10.2. The molecule has 4 aromatic rings. The lowest BCUT2D eigenvalue weighted by Crippen LogP contribution is -2.68. The van der Waals surface area contributed by atoms with Crippen LogP contribution >= 0.6 is 35.4 Å². The van der Waals surface area contributed by atoms with Crippen molar-refractivity contribution in [2.24, 2.45) is 0 Å². The number of para-hydroxylation sites is 1. The highest BCUT2D eigenvalue weighted by atomic mass is 35.7. The van der Waals surface area contributed by atoms with Crippen LogP contribution in [0.1, 0.15) is 11.4 Å². The molecule has 0 atom stereocenters. The summed E-state index contributed by atoms with van der Waals surface area (Å²) >= 11 is 18.2. The van der Waals surface area contributed by atoms with E-state index in [0.717, 1.165) is 33.8 Å². The minimum Gasteiger partial charge on any atom is -0.332 e. The average Bonchev–Trinajstić information content (AvgIpc) is 3.10. The number of imidazole rings is 1. The topological polar surface area (TPSA) is 116 Å². The van der Waals surface area contributed by atoms with Crippen molar-refractivity contribution in [2.75, 3.05) is 17.3 Å². The molecule has 1 N–H and O–H groups in total. The fourth-order valence-electron chi connectivity index (χ4n) is 3.80. The molecule has 38 heavy (non-hydrogen) atoms. The molecular weight excluding hydrogens is 571 g/mol. The Labute approximate surface area is 238 Å². The second kappa shape index (κ2) is 12.8. The number of nitrogens with one attached hydrogen (secondary N) is 1. The molecule has 0 saturated heterocycles. The standard InChI is InChI=1S/C26H22Cl2N4S.ClHO4/c1-4-14-31-18(2)32(25-16-23(28)22(27)15-24(25)31)17-19-10-12-20(13-11-19)29-26(33)30(3)21-8-6-5-7-9-21;2-1(3,4)5/h1,5-13,15-16H,14,17H2,2-3H3;(H,2,3,4,5). The molecule has 0 radical (unpaired) electrons. The maximum Gasteiger partial charge on any atom is 0.255 e. The molecule has 0 amide bonds. The van der Waals surface area contributed by atoms with Gasteiger partial charge in [-0.25, -0.2) is 27.8 Å². The molecule has 1 heterocycles. The van der Waals surface area contributed by atoms with Gasteiger partial charge in [0.05, 0.1) is 10.0 Å². The molecular formula is C26H23Cl3N4O4S. The van der Waals surface area contributed by atoms with E-state index in [9.17, 15) is 0 Å². The number of benzene rings is 3. The van der Waals surface area contributed by atoms with Gasteiger partial charge < -0.3 is 10.2 Å². The number of nitrogens with zero attached hydrogens (tertiary/aromatic N) is 3. The highest BCUT2D eigenvalue weighted by molar-refractivity contribution is 7.80. The van der Waals surface area contributed by atoms with Crippen molar-refractivity contribution in [3.05, 3.63) is 88.2 Å². The van der Waals surface area contributed by atoms with Crippen molar-refractivity contribution in [2.45, 2.75) is 20.0 Å². The summed E-state index contributed by atoms with van der Waals surface area (Å²) in [6.45, 7) is 3.18. The number of anilines is 2. The first kappa shape index (κ1) is 29.6. The highest BCUT2D eigenvalue weighted by Gasteiger charge is 2.23. The largest absolute Gasteiger partial charge is 0.332 e. The molecule has 0 aliphatic carbocycles. The number of thiocarbonyl (C=S) groups is 1. The number of hydrogen-bond donors (Lipinski definition) is 1. The third-order valence-corrected chi connectivity index (χ3v) is 6.72. The fourth-order valence-corrected chi connectivity index (χ4v) is 4.33. The maximum atomic E-state index is 8.49. The van der Waals surface area contributed by atoms with Gasteiger partial charge in [0.25, 0.3) is 5.82 Å². The van der Waals surface area contributed by atoms with Crippen LogP contribution in [0.2, 0.25) is 10.0 Å². The van der Waals surface area contributed by atoms with E-state index in [2.05, 4.69) is 32.5 Å². The normalized spacial score (nSPS) is 10.9. The Morgan fingerprint density at radius 3 is 2.21 bits per heavy atom. The van der Waals surface area contributed by atoms with Crippen LogP contribution < -0.4 is 33.4 Å². The van der Waals surface area contributed by atoms with Gasteiger partial charge in [-0.1, -0.05) is 59.5 Å². The Hall–Kier alpha value is -2.91. The van der Waals surface area contributed by atoms with E-state index in [1.165, 1.54) is 0 Å². The Morgan fingerprint density at radius 1 is 1.05 bits per heavy atom. The third-order valence-electron chi connectivity index (χ3n) is 5.62. The number of hydrogen-bond acceptors (Lipinski definition) is 5. The van der Waals surface area contributed by atoms with E-state index >= 15 is 0 Å². The fraction of sp³-hybridized carbons (Fsp3) is 0.154. The van der Waals surface area contributed by atoms with Crippen LogP contribution in [0.4, 0.5) is 11.4 Å². The Balaban J connectivity index is 0.000000732. The molecule has 0 aliphatic rings. The van der Waals surface area contributed by atoms with E-state index in [1.54, 1.807) is 0 Å².